The number of hydrogen-bond acceptors (Lipinski definition) is 4. The van der Waals surface area contributed by atoms with E-state index in [1.54, 1.807) is 18.2 Å². The largest absolute Gasteiger partial charge is 0.506 e. The zero-order valence-electron chi connectivity index (χ0n) is 12.3. The maximum atomic E-state index is 11.3. The molecule has 0 aliphatic carbocycles. The first-order valence-corrected chi connectivity index (χ1v) is 7.23. The van der Waals surface area contributed by atoms with Crippen LogP contribution in [0.2, 0.25) is 0 Å². The van der Waals surface area contributed by atoms with Crippen molar-refractivity contribution in [1.29, 1.82) is 0 Å². The molecule has 1 aromatic heterocycles. The molecule has 1 N–H and O–H groups in total. The normalized spacial score (nSPS) is 10.8. The minimum absolute atomic E-state index is 0.261. The molecule has 0 bridgehead atoms. The summed E-state index contributed by atoms with van der Waals surface area (Å²) in [4.78, 5) is 13.4. The van der Waals surface area contributed by atoms with Gasteiger partial charge in [0.2, 0.25) is 0 Å². The van der Waals surface area contributed by atoms with Gasteiger partial charge in [0.1, 0.15) is 11.3 Å². The molecule has 0 saturated heterocycles. The number of phenolic OH excluding ortho intramolecular Hbond substituents is 1. The molecule has 0 aliphatic rings. The van der Waals surface area contributed by atoms with E-state index in [0.717, 1.165) is 23.2 Å². The first kappa shape index (κ1) is 14.2. The van der Waals surface area contributed by atoms with Crippen LogP contribution in [-0.4, -0.2) is 11.7 Å². The summed E-state index contributed by atoms with van der Waals surface area (Å²) in [6.07, 6.45) is 0. The fourth-order valence-electron chi connectivity index (χ4n) is 2.52. The number of hydrogen-bond donors (Lipinski definition) is 1. The monoisotopic (exact) mass is 295 g/mol. The van der Waals surface area contributed by atoms with Crippen molar-refractivity contribution in [3.8, 4) is 5.75 Å². The number of aromatic hydroxyl groups is 1. The lowest BCUT2D eigenvalue weighted by Crippen LogP contribution is -2.22. The highest BCUT2D eigenvalue weighted by molar-refractivity contribution is 5.77. The molecule has 0 saturated carbocycles. The van der Waals surface area contributed by atoms with E-state index in [1.807, 2.05) is 37.3 Å². The van der Waals surface area contributed by atoms with Crippen LogP contribution in [0.4, 0.5) is 5.69 Å². The van der Waals surface area contributed by atoms with Crippen molar-refractivity contribution in [3.05, 3.63) is 70.6 Å². The van der Waals surface area contributed by atoms with Gasteiger partial charge in [0.25, 0.3) is 0 Å². The number of para-hydroxylation sites is 2. The summed E-state index contributed by atoms with van der Waals surface area (Å²) in [6, 6.07) is 16.3. The molecule has 0 aliphatic heterocycles. The molecule has 0 amide bonds. The standard InChI is InChI=1S/C18H17NO3/c1-2-19(15-5-3-4-6-16(15)20)12-13-7-8-14-9-10-18(21)22-17(14)11-13/h3-11,20H,2,12H2,1H3. The molecule has 0 atom stereocenters. The van der Waals surface area contributed by atoms with E-state index in [9.17, 15) is 9.90 Å². The first-order valence-electron chi connectivity index (χ1n) is 7.23. The van der Waals surface area contributed by atoms with Gasteiger partial charge in [-0.3, -0.25) is 0 Å². The molecule has 2 aromatic carbocycles. The van der Waals surface area contributed by atoms with Gasteiger partial charge in [-0.15, -0.1) is 0 Å². The zero-order chi connectivity index (χ0) is 15.5. The van der Waals surface area contributed by atoms with Crippen molar-refractivity contribution in [2.45, 2.75) is 13.5 Å². The minimum atomic E-state index is -0.349. The number of anilines is 1. The lowest BCUT2D eigenvalue weighted by Gasteiger charge is -2.24. The van der Waals surface area contributed by atoms with E-state index < -0.39 is 0 Å². The van der Waals surface area contributed by atoms with Gasteiger partial charge in [-0.25, -0.2) is 4.79 Å². The maximum Gasteiger partial charge on any atom is 0.336 e. The van der Waals surface area contributed by atoms with Crippen LogP contribution in [0.15, 0.2) is 63.8 Å². The molecule has 1 heterocycles. The van der Waals surface area contributed by atoms with E-state index >= 15 is 0 Å². The third-order valence-electron chi connectivity index (χ3n) is 3.67. The average Bonchev–Trinajstić information content (AvgIpc) is 2.53. The molecule has 3 aromatic rings. The Kier molecular flexibility index (Phi) is 3.83. The van der Waals surface area contributed by atoms with Gasteiger partial charge < -0.3 is 14.4 Å². The second kappa shape index (κ2) is 5.93. The number of nitrogens with zero attached hydrogens (tertiary/aromatic N) is 1. The van der Waals surface area contributed by atoms with Gasteiger partial charge in [0.15, 0.2) is 0 Å². The smallest absolute Gasteiger partial charge is 0.336 e. The lowest BCUT2D eigenvalue weighted by atomic mass is 10.1. The van der Waals surface area contributed by atoms with Crippen LogP contribution in [0, 0.1) is 0 Å². The summed E-state index contributed by atoms with van der Waals surface area (Å²) in [5.74, 6) is 0.261. The van der Waals surface area contributed by atoms with Crippen LogP contribution in [0.3, 0.4) is 0 Å². The highest BCUT2D eigenvalue weighted by Crippen LogP contribution is 2.28. The maximum absolute atomic E-state index is 11.3. The van der Waals surface area contributed by atoms with E-state index in [2.05, 4.69) is 4.90 Å². The Hall–Kier alpha value is -2.75. The van der Waals surface area contributed by atoms with E-state index in [0.29, 0.717) is 12.1 Å². The highest BCUT2D eigenvalue weighted by atomic mass is 16.4. The fraction of sp³-hybridized carbons (Fsp3) is 0.167. The van der Waals surface area contributed by atoms with Crippen molar-refractivity contribution >= 4 is 16.7 Å². The summed E-state index contributed by atoms with van der Waals surface area (Å²) in [7, 11) is 0. The number of benzene rings is 2. The van der Waals surface area contributed by atoms with E-state index in [4.69, 9.17) is 4.42 Å². The van der Waals surface area contributed by atoms with Gasteiger partial charge in [-0.1, -0.05) is 24.3 Å². The molecule has 0 spiro atoms. The van der Waals surface area contributed by atoms with Crippen LogP contribution in [0.1, 0.15) is 12.5 Å². The Morgan fingerprint density at radius 1 is 1.09 bits per heavy atom. The number of phenols is 1. The van der Waals surface area contributed by atoms with Gasteiger partial charge in [0, 0.05) is 24.5 Å². The van der Waals surface area contributed by atoms with Crippen molar-refractivity contribution in [2.75, 3.05) is 11.4 Å². The molecule has 0 unspecified atom stereocenters. The highest BCUT2D eigenvalue weighted by Gasteiger charge is 2.10. The minimum Gasteiger partial charge on any atom is -0.506 e. The second-order valence-corrected chi connectivity index (χ2v) is 5.13. The molecule has 4 heteroatoms. The third kappa shape index (κ3) is 2.81. The zero-order valence-corrected chi connectivity index (χ0v) is 12.3. The van der Waals surface area contributed by atoms with Crippen LogP contribution in [0.5, 0.6) is 5.75 Å². The van der Waals surface area contributed by atoms with Crippen LogP contribution >= 0.6 is 0 Å². The topological polar surface area (TPSA) is 53.7 Å². The molecule has 0 radical (unpaired) electrons. The van der Waals surface area contributed by atoms with Gasteiger partial charge >= 0.3 is 5.63 Å². The summed E-state index contributed by atoms with van der Waals surface area (Å²) in [5.41, 5.74) is 2.04. The van der Waals surface area contributed by atoms with Crippen LogP contribution < -0.4 is 10.5 Å². The molecule has 112 valence electrons. The fourth-order valence-corrected chi connectivity index (χ4v) is 2.52. The molecular formula is C18H17NO3. The van der Waals surface area contributed by atoms with Crippen molar-refractivity contribution in [1.82, 2.24) is 0 Å². The Balaban J connectivity index is 1.94. The molecule has 3 rings (SSSR count). The molecule has 4 nitrogen and oxygen atoms in total. The summed E-state index contributed by atoms with van der Waals surface area (Å²) in [5, 5.41) is 10.9. The Bertz CT molecular complexity index is 854. The Labute approximate surface area is 128 Å². The summed E-state index contributed by atoms with van der Waals surface area (Å²) in [6.45, 7) is 3.42. The summed E-state index contributed by atoms with van der Waals surface area (Å²) < 4.78 is 5.22. The van der Waals surface area contributed by atoms with Crippen molar-refractivity contribution in [2.24, 2.45) is 0 Å². The van der Waals surface area contributed by atoms with Crippen LogP contribution in [-0.2, 0) is 6.54 Å². The van der Waals surface area contributed by atoms with E-state index in [1.165, 1.54) is 6.07 Å². The first-order chi connectivity index (χ1) is 10.7. The lowest BCUT2D eigenvalue weighted by molar-refractivity contribution is 0.474. The SMILES string of the molecule is CCN(Cc1ccc2ccc(=O)oc2c1)c1ccccc1O. The average molecular weight is 295 g/mol. The van der Waals surface area contributed by atoms with Crippen molar-refractivity contribution < 1.29 is 9.52 Å². The van der Waals surface area contributed by atoms with Crippen LogP contribution in [0.25, 0.3) is 11.0 Å². The molecule has 22 heavy (non-hydrogen) atoms. The predicted molar refractivity (Wildman–Crippen MR) is 87.3 cm³/mol. The van der Waals surface area contributed by atoms with Gasteiger partial charge in [-0.2, -0.15) is 0 Å². The Morgan fingerprint density at radius 2 is 1.86 bits per heavy atom. The third-order valence-corrected chi connectivity index (χ3v) is 3.67. The number of fused-ring (bicyclic) bond motifs is 1. The predicted octanol–water partition coefficient (Wildman–Crippen LogP) is 3.53. The number of rotatable bonds is 4. The van der Waals surface area contributed by atoms with Gasteiger partial charge in [0.05, 0.1) is 5.69 Å². The summed E-state index contributed by atoms with van der Waals surface area (Å²) >= 11 is 0. The van der Waals surface area contributed by atoms with E-state index in [-0.39, 0.29) is 11.4 Å². The molecular weight excluding hydrogens is 278 g/mol. The Morgan fingerprint density at radius 3 is 2.64 bits per heavy atom. The van der Waals surface area contributed by atoms with Gasteiger partial charge in [-0.05, 0) is 36.8 Å². The van der Waals surface area contributed by atoms with Crippen molar-refractivity contribution in [3.63, 3.8) is 0 Å². The quantitative estimate of drug-likeness (QED) is 0.748. The second-order valence-electron chi connectivity index (χ2n) is 5.13. The molecule has 0 fully saturated rings.